The summed E-state index contributed by atoms with van der Waals surface area (Å²) in [5, 5.41) is 0. The van der Waals surface area contributed by atoms with E-state index in [0.717, 1.165) is 25.7 Å². The van der Waals surface area contributed by atoms with Gasteiger partial charge in [-0.15, -0.1) is 0 Å². The molecule has 0 fully saturated rings. The molecule has 6 rings (SSSR count). The summed E-state index contributed by atoms with van der Waals surface area (Å²) in [6.07, 6.45) is 4.20. The van der Waals surface area contributed by atoms with Crippen LogP contribution in [0.25, 0.3) is 22.3 Å². The SMILES string of the molecule is CCC[SiH](CCC)[Zr]([Cl])([Cl])([c]1cccc2c1Cc1ccccc1-2)[c]1cccc2c1Cc1ccccc1-2. The fourth-order valence-corrected chi connectivity index (χ4v) is 50.5. The summed E-state index contributed by atoms with van der Waals surface area (Å²) in [5.74, 6) is -1.56. The minimum absolute atomic E-state index is 0.944. The third kappa shape index (κ3) is 3.63. The third-order valence-corrected chi connectivity index (χ3v) is 54.1. The molecule has 4 heteroatoms. The zero-order chi connectivity index (χ0) is 24.9. The molecule has 0 bridgehead atoms. The molecule has 0 N–H and O–H groups in total. The van der Waals surface area contributed by atoms with Gasteiger partial charge in [-0.1, -0.05) is 0 Å². The first-order chi connectivity index (χ1) is 17.5. The van der Waals surface area contributed by atoms with E-state index in [1.165, 1.54) is 63.1 Å². The Morgan fingerprint density at radius 2 is 1.00 bits per heavy atom. The van der Waals surface area contributed by atoms with Crippen LogP contribution >= 0.6 is 17.0 Å². The molecule has 0 nitrogen and oxygen atoms in total. The van der Waals surface area contributed by atoms with Crippen LogP contribution in [0.1, 0.15) is 48.9 Å². The second-order valence-electron chi connectivity index (χ2n) is 10.7. The molecule has 0 amide bonds. The summed E-state index contributed by atoms with van der Waals surface area (Å²) in [6, 6.07) is 33.8. The molecule has 2 aliphatic carbocycles. The van der Waals surface area contributed by atoms with Crippen LogP contribution in [-0.4, -0.2) is 5.92 Å². The third-order valence-electron chi connectivity index (χ3n) is 8.68. The summed E-state index contributed by atoms with van der Waals surface area (Å²) in [6.45, 7) is 4.63. The van der Waals surface area contributed by atoms with E-state index in [1.807, 2.05) is 0 Å². The van der Waals surface area contributed by atoms with Gasteiger partial charge < -0.3 is 0 Å². The molecule has 0 radical (unpaired) electrons. The van der Waals surface area contributed by atoms with Crippen LogP contribution in [0.3, 0.4) is 0 Å². The van der Waals surface area contributed by atoms with Crippen LogP contribution < -0.4 is 6.54 Å². The number of fused-ring (bicyclic) bond motifs is 6. The number of halogens is 2. The van der Waals surface area contributed by atoms with Crippen molar-refractivity contribution in [3.8, 4) is 22.3 Å². The maximum absolute atomic E-state index is 8.46. The van der Waals surface area contributed by atoms with Crippen molar-refractivity contribution in [2.75, 3.05) is 0 Å². The Labute approximate surface area is 224 Å². The molecule has 0 aliphatic heterocycles. The van der Waals surface area contributed by atoms with Gasteiger partial charge in [-0.3, -0.25) is 0 Å². The van der Waals surface area contributed by atoms with Crippen molar-refractivity contribution in [1.82, 2.24) is 0 Å². The molecule has 0 atom stereocenters. The first-order valence-corrected chi connectivity index (χ1v) is 28.7. The fourth-order valence-electron chi connectivity index (χ4n) is 7.11. The van der Waals surface area contributed by atoms with Crippen LogP contribution in [-0.2, 0) is 28.4 Å². The molecule has 0 saturated heterocycles. The molecule has 0 unspecified atom stereocenters. The summed E-state index contributed by atoms with van der Waals surface area (Å²) in [4.78, 5) is 0. The van der Waals surface area contributed by atoms with Crippen LogP contribution in [0.4, 0.5) is 0 Å². The van der Waals surface area contributed by atoms with E-state index in [2.05, 4.69) is 98.8 Å². The zero-order valence-electron chi connectivity index (χ0n) is 21.2. The Hall–Kier alpha value is -1.44. The zero-order valence-corrected chi connectivity index (χ0v) is 26.3. The molecule has 0 heterocycles. The normalized spacial score (nSPS) is 14.6. The summed E-state index contributed by atoms with van der Waals surface area (Å²) >= 11 is -4.75. The molecule has 0 saturated carbocycles. The van der Waals surface area contributed by atoms with Gasteiger partial charge in [0.25, 0.3) is 0 Å². The predicted molar refractivity (Wildman–Crippen MR) is 158 cm³/mol. The van der Waals surface area contributed by atoms with Gasteiger partial charge in [0.05, 0.1) is 0 Å². The van der Waals surface area contributed by atoms with Gasteiger partial charge in [0.2, 0.25) is 0 Å². The van der Waals surface area contributed by atoms with Crippen molar-refractivity contribution < 1.29 is 15.6 Å². The summed E-state index contributed by atoms with van der Waals surface area (Å²) < 4.78 is 2.69. The Morgan fingerprint density at radius 3 is 1.44 bits per heavy atom. The summed E-state index contributed by atoms with van der Waals surface area (Å²) in [7, 11) is 16.9. The number of benzene rings is 4. The standard InChI is InChI=1S/2C13H9.C6H15Si.2ClH.Zr/c2*1-3-7-12-10(5-1)9-11-6-2-4-8-13(11)12;1-3-5-7-6-4-2;;;/h2*1-5,7-8H,9H2;7H,3-6H2,1-2H3;2*1H;/q;;;;;+2/p-2. The Kier molecular flexibility index (Phi) is 6.49. The molecular formula is C32H33Cl2SiZr. The molecule has 36 heavy (non-hydrogen) atoms. The summed E-state index contributed by atoms with van der Waals surface area (Å²) in [5.41, 5.74) is 11.0. The number of rotatable bonds is 7. The van der Waals surface area contributed by atoms with E-state index >= 15 is 0 Å². The molecule has 4 aromatic rings. The fraction of sp³-hybridized carbons (Fsp3) is 0.250. The quantitative estimate of drug-likeness (QED) is 0.160. The van der Waals surface area contributed by atoms with Crippen molar-refractivity contribution in [3.63, 3.8) is 0 Å². The molecule has 4 aromatic carbocycles. The van der Waals surface area contributed by atoms with Gasteiger partial charge in [-0.2, -0.15) is 0 Å². The van der Waals surface area contributed by atoms with Gasteiger partial charge in [-0.25, -0.2) is 0 Å². The Morgan fingerprint density at radius 1 is 0.583 bits per heavy atom. The van der Waals surface area contributed by atoms with E-state index in [1.54, 1.807) is 0 Å². The maximum atomic E-state index is 8.46. The monoisotopic (exact) mass is 605 g/mol. The first kappa shape index (κ1) is 24.9. The van der Waals surface area contributed by atoms with Crippen LogP contribution in [0.5, 0.6) is 0 Å². The van der Waals surface area contributed by atoms with E-state index in [-0.39, 0.29) is 0 Å². The Bertz CT molecular complexity index is 1370. The molecule has 2 aliphatic rings. The van der Waals surface area contributed by atoms with Crippen molar-refractivity contribution in [3.05, 3.63) is 107 Å². The second kappa shape index (κ2) is 9.39. The average Bonchev–Trinajstić information content (AvgIpc) is 3.47. The van der Waals surface area contributed by atoms with Gasteiger partial charge in [-0.05, 0) is 0 Å². The molecule has 0 aromatic heterocycles. The number of hydrogen-bond donors (Lipinski definition) is 0. The van der Waals surface area contributed by atoms with Crippen molar-refractivity contribution in [2.24, 2.45) is 0 Å². The van der Waals surface area contributed by atoms with Gasteiger partial charge in [0.1, 0.15) is 0 Å². The minimum atomic E-state index is -4.75. The first-order valence-electron chi connectivity index (χ1n) is 13.5. The Balaban J connectivity index is 1.65. The average molecular weight is 608 g/mol. The van der Waals surface area contributed by atoms with Crippen molar-refractivity contribution >= 4 is 29.5 Å². The van der Waals surface area contributed by atoms with Crippen molar-refractivity contribution in [2.45, 2.75) is 51.6 Å². The van der Waals surface area contributed by atoms with Crippen LogP contribution in [0.15, 0.2) is 84.9 Å². The van der Waals surface area contributed by atoms with E-state index in [9.17, 15) is 0 Å². The molecule has 0 spiro atoms. The van der Waals surface area contributed by atoms with E-state index in [0.29, 0.717) is 0 Å². The molecular weight excluding hydrogens is 575 g/mol. The van der Waals surface area contributed by atoms with E-state index in [4.69, 9.17) is 17.0 Å². The topological polar surface area (TPSA) is 0 Å². The van der Waals surface area contributed by atoms with Gasteiger partial charge >= 0.3 is 226 Å². The van der Waals surface area contributed by atoms with Crippen molar-refractivity contribution in [1.29, 1.82) is 0 Å². The van der Waals surface area contributed by atoms with Crippen LogP contribution in [0.2, 0.25) is 12.1 Å². The number of hydrogen-bond acceptors (Lipinski definition) is 0. The van der Waals surface area contributed by atoms with Crippen LogP contribution in [0, 0.1) is 0 Å². The molecule has 183 valence electrons. The van der Waals surface area contributed by atoms with Gasteiger partial charge in [0, 0.05) is 0 Å². The predicted octanol–water partition coefficient (Wildman–Crippen LogP) is 8.32. The van der Waals surface area contributed by atoms with Gasteiger partial charge in [0.15, 0.2) is 0 Å². The van der Waals surface area contributed by atoms with E-state index < -0.39 is 21.5 Å². The second-order valence-corrected chi connectivity index (χ2v) is 48.8.